The van der Waals surface area contributed by atoms with Gasteiger partial charge >= 0.3 is 0 Å². The summed E-state index contributed by atoms with van der Waals surface area (Å²) in [6.45, 7) is 17.3. The van der Waals surface area contributed by atoms with Crippen LogP contribution in [0.3, 0.4) is 0 Å². The van der Waals surface area contributed by atoms with Crippen LogP contribution in [0.1, 0.15) is 101 Å². The SMILES string of the molecule is CCC12CC(C3=C(CN4CCN(c5ccc(C(=O)NS(=O)(=O)c6ccc(N[C@H](CCN7CCC(OC)CC7)CSc7ccccc7)c(C)c6)cc5)CC4)CCC(C)(C)C3)(C1)C2. The molecule has 2 heterocycles. The van der Waals surface area contributed by atoms with Crippen molar-refractivity contribution in [2.45, 2.75) is 114 Å². The molecular weight excluding hydrogens is 799 g/mol. The highest BCUT2D eigenvalue weighted by Crippen LogP contribution is 2.79. The van der Waals surface area contributed by atoms with Crippen molar-refractivity contribution in [3.63, 3.8) is 0 Å². The summed E-state index contributed by atoms with van der Waals surface area (Å²) in [4.78, 5) is 22.2. The highest BCUT2D eigenvalue weighted by Gasteiger charge is 2.68. The number of allylic oxidation sites excluding steroid dienone is 1. The van der Waals surface area contributed by atoms with E-state index < -0.39 is 15.9 Å². The third-order valence-electron chi connectivity index (χ3n) is 14.9. The monoisotopic (exact) mass is 867 g/mol. The fourth-order valence-electron chi connectivity index (χ4n) is 11.1. The van der Waals surface area contributed by atoms with Crippen LogP contribution in [0.5, 0.6) is 0 Å². The van der Waals surface area contributed by atoms with E-state index in [2.05, 4.69) is 69.8 Å². The number of likely N-dealkylation sites (tertiary alicyclic amines) is 1. The number of nitrogens with zero attached hydrogens (tertiary/aromatic N) is 3. The molecule has 11 heteroatoms. The van der Waals surface area contributed by atoms with Gasteiger partial charge < -0.3 is 19.9 Å². The van der Waals surface area contributed by atoms with Crippen LogP contribution in [0.15, 0.2) is 93.7 Å². The van der Waals surface area contributed by atoms with Crippen LogP contribution in [-0.2, 0) is 14.8 Å². The number of nitrogens with one attached hydrogen (secondary N) is 2. The maximum Gasteiger partial charge on any atom is 0.264 e. The molecule has 0 radical (unpaired) electrons. The van der Waals surface area contributed by atoms with Crippen molar-refractivity contribution >= 4 is 39.1 Å². The van der Waals surface area contributed by atoms with E-state index in [0.717, 1.165) is 94.3 Å². The number of piperidine rings is 1. The first-order valence-electron chi connectivity index (χ1n) is 22.9. The third kappa shape index (κ3) is 10.2. The Kier molecular flexibility index (Phi) is 13.4. The lowest BCUT2D eigenvalue weighted by Gasteiger charge is -2.73. The van der Waals surface area contributed by atoms with Crippen molar-refractivity contribution in [3.05, 3.63) is 95.1 Å². The van der Waals surface area contributed by atoms with Crippen molar-refractivity contribution < 1.29 is 17.9 Å². The van der Waals surface area contributed by atoms with E-state index in [1.54, 1.807) is 36.9 Å². The predicted molar refractivity (Wildman–Crippen MR) is 250 cm³/mol. The summed E-state index contributed by atoms with van der Waals surface area (Å²) in [5, 5.41) is 3.73. The normalized spacial score (nSPS) is 25.1. The molecule has 0 spiro atoms. The number of anilines is 2. The van der Waals surface area contributed by atoms with Crippen LogP contribution >= 0.6 is 11.8 Å². The van der Waals surface area contributed by atoms with Gasteiger partial charge in [-0.25, -0.2) is 13.1 Å². The zero-order valence-electron chi connectivity index (χ0n) is 37.3. The Hall–Kier alpha value is -3.35. The van der Waals surface area contributed by atoms with Gasteiger partial charge in [-0.3, -0.25) is 9.69 Å². The lowest BCUT2D eigenvalue weighted by atomic mass is 9.31. The summed E-state index contributed by atoms with van der Waals surface area (Å²) >= 11 is 1.82. The molecule has 0 unspecified atom stereocenters. The fraction of sp³-hybridized carbons (Fsp3) is 0.580. The molecule has 330 valence electrons. The minimum absolute atomic E-state index is 0.0727. The van der Waals surface area contributed by atoms with Gasteiger partial charge in [0.05, 0.1) is 11.0 Å². The second kappa shape index (κ2) is 18.4. The zero-order chi connectivity index (χ0) is 42.8. The molecule has 61 heavy (non-hydrogen) atoms. The molecule has 4 aliphatic carbocycles. The van der Waals surface area contributed by atoms with Gasteiger partial charge in [0.1, 0.15) is 0 Å². The highest BCUT2D eigenvalue weighted by molar-refractivity contribution is 7.99. The van der Waals surface area contributed by atoms with Crippen LogP contribution in [-0.4, -0.2) is 101 Å². The molecule has 2 saturated heterocycles. The number of thioether (sulfide) groups is 1. The van der Waals surface area contributed by atoms with E-state index in [1.807, 2.05) is 48.5 Å². The van der Waals surface area contributed by atoms with Crippen LogP contribution < -0.4 is 14.9 Å². The fourth-order valence-corrected chi connectivity index (χ4v) is 13.1. The number of aryl methyl sites for hydroxylation is 1. The number of amides is 1. The topological polar surface area (TPSA) is 94.2 Å². The maximum atomic E-state index is 13.5. The van der Waals surface area contributed by atoms with Crippen LogP contribution in [0.25, 0.3) is 0 Å². The number of rotatable bonds is 17. The number of benzene rings is 3. The Bertz CT molecular complexity index is 2120. The van der Waals surface area contributed by atoms with Crippen molar-refractivity contribution in [3.8, 4) is 0 Å². The summed E-state index contributed by atoms with van der Waals surface area (Å²) in [6, 6.07) is 23.1. The van der Waals surface area contributed by atoms with Gasteiger partial charge in [-0.2, -0.15) is 0 Å². The second-order valence-electron chi connectivity index (χ2n) is 19.8. The molecule has 2 bridgehead atoms. The van der Waals surface area contributed by atoms with Gasteiger partial charge in [-0.05, 0) is 141 Å². The minimum atomic E-state index is -4.09. The zero-order valence-corrected chi connectivity index (χ0v) is 38.9. The Morgan fingerprint density at radius 2 is 1.62 bits per heavy atom. The van der Waals surface area contributed by atoms with E-state index in [-0.39, 0.29) is 10.9 Å². The van der Waals surface area contributed by atoms with Gasteiger partial charge in [-0.15, -0.1) is 11.8 Å². The Labute approximate surface area is 370 Å². The molecule has 3 aromatic rings. The van der Waals surface area contributed by atoms with Gasteiger partial charge in [0.15, 0.2) is 0 Å². The summed E-state index contributed by atoms with van der Waals surface area (Å²) in [6.07, 6.45) is 12.9. The minimum Gasteiger partial charge on any atom is -0.381 e. The molecule has 6 aliphatic rings. The number of hydrogen-bond donors (Lipinski definition) is 2. The third-order valence-corrected chi connectivity index (χ3v) is 17.5. The summed E-state index contributed by atoms with van der Waals surface area (Å²) < 4.78 is 35.0. The second-order valence-corrected chi connectivity index (χ2v) is 22.6. The van der Waals surface area contributed by atoms with Crippen molar-refractivity contribution in [2.75, 3.05) is 75.4 Å². The highest BCUT2D eigenvalue weighted by atomic mass is 32.2. The lowest BCUT2D eigenvalue weighted by Crippen LogP contribution is -2.63. The quantitative estimate of drug-likeness (QED) is 0.102. The van der Waals surface area contributed by atoms with Crippen molar-refractivity contribution in [2.24, 2.45) is 16.2 Å². The average Bonchev–Trinajstić information content (AvgIpc) is 3.23. The van der Waals surface area contributed by atoms with Gasteiger partial charge in [0, 0.05) is 93.1 Å². The number of methoxy groups -OCH3 is 1. The van der Waals surface area contributed by atoms with Gasteiger partial charge in [0.2, 0.25) is 0 Å². The Morgan fingerprint density at radius 1 is 0.918 bits per heavy atom. The number of carbonyl (C=O) groups excluding carboxylic acids is 1. The van der Waals surface area contributed by atoms with E-state index in [9.17, 15) is 13.2 Å². The van der Waals surface area contributed by atoms with E-state index in [1.165, 1.54) is 49.8 Å². The number of piperazine rings is 1. The molecule has 5 fully saturated rings. The standard InChI is InChI=1S/C50H69N5O4S2/c1-6-49-34-50(35-49,36-49)45-31-48(3,4)22-18-39(45)32-54-26-28-55(29-27-54)41-14-12-38(13-15-41)47(56)52-61(57,58)44-16-17-46(37(2)30-44)51-40(33-60-43-10-8-7-9-11-43)19-23-53-24-20-42(59-5)21-25-53/h7-17,30,40,42,51H,6,18-29,31-36H2,1-5H3,(H,52,56)/t40-,49?,50?/m1/s1. The smallest absolute Gasteiger partial charge is 0.264 e. The molecule has 1 atom stereocenters. The van der Waals surface area contributed by atoms with Crippen molar-refractivity contribution in [1.29, 1.82) is 0 Å². The van der Waals surface area contributed by atoms with Crippen LogP contribution in [0.4, 0.5) is 11.4 Å². The summed E-state index contributed by atoms with van der Waals surface area (Å²) in [5.74, 6) is 0.249. The first-order chi connectivity index (χ1) is 29.3. The molecule has 2 N–H and O–H groups in total. The molecule has 2 aliphatic heterocycles. The number of sulfonamides is 1. The molecule has 3 saturated carbocycles. The van der Waals surface area contributed by atoms with E-state index >= 15 is 0 Å². The Morgan fingerprint density at radius 3 is 2.28 bits per heavy atom. The molecule has 1 amide bonds. The molecule has 0 aromatic heterocycles. The summed E-state index contributed by atoms with van der Waals surface area (Å²) in [7, 11) is -2.29. The lowest BCUT2D eigenvalue weighted by molar-refractivity contribution is -0.182. The number of ether oxygens (including phenoxy) is 1. The predicted octanol–water partition coefficient (Wildman–Crippen LogP) is 9.40. The molecule has 3 aromatic carbocycles. The van der Waals surface area contributed by atoms with Gasteiger partial charge in [-0.1, -0.05) is 56.5 Å². The molecule has 9 nitrogen and oxygen atoms in total. The summed E-state index contributed by atoms with van der Waals surface area (Å²) in [5.41, 5.74) is 8.27. The Balaban J connectivity index is 0.841. The maximum absolute atomic E-state index is 13.5. The molecule has 9 rings (SSSR count). The van der Waals surface area contributed by atoms with Crippen molar-refractivity contribution in [1.82, 2.24) is 14.5 Å². The average molecular weight is 868 g/mol. The van der Waals surface area contributed by atoms with E-state index in [0.29, 0.717) is 27.9 Å². The first kappa shape index (κ1) is 44.3. The number of hydrogen-bond acceptors (Lipinski definition) is 9. The van der Waals surface area contributed by atoms with Crippen LogP contribution in [0, 0.1) is 23.2 Å². The molecular formula is C50H69N5O4S2. The van der Waals surface area contributed by atoms with Crippen LogP contribution in [0.2, 0.25) is 0 Å². The van der Waals surface area contributed by atoms with E-state index in [4.69, 9.17) is 4.74 Å². The van der Waals surface area contributed by atoms with Gasteiger partial charge in [0.25, 0.3) is 15.9 Å². The number of carbonyl (C=O) groups is 1. The first-order valence-corrected chi connectivity index (χ1v) is 25.4. The largest absolute Gasteiger partial charge is 0.381 e.